The van der Waals surface area contributed by atoms with Crippen molar-refractivity contribution in [2.75, 3.05) is 6.26 Å². The van der Waals surface area contributed by atoms with Gasteiger partial charge in [-0.15, -0.1) is 0 Å². The molecule has 1 rings (SSSR count). The topological polar surface area (TPSA) is 25.8 Å². The molecule has 0 saturated carbocycles. The van der Waals surface area contributed by atoms with Crippen molar-refractivity contribution in [3.63, 3.8) is 0 Å². The Morgan fingerprint density at radius 1 is 1.33 bits per heavy atom. The summed E-state index contributed by atoms with van der Waals surface area (Å²) in [6, 6.07) is 0. The first-order valence-electron chi connectivity index (χ1n) is 4.03. The molecule has 0 saturated heterocycles. The van der Waals surface area contributed by atoms with Gasteiger partial charge in [-0.2, -0.15) is 11.8 Å². The summed E-state index contributed by atoms with van der Waals surface area (Å²) < 4.78 is 0. The summed E-state index contributed by atoms with van der Waals surface area (Å²) in [5.74, 6) is 2.35. The largest absolute Gasteiger partial charge is 0.240 e. The minimum absolute atomic E-state index is 0.522. The van der Waals surface area contributed by atoms with Gasteiger partial charge in [0, 0.05) is 12.4 Å². The molecule has 0 spiro atoms. The zero-order valence-electron chi connectivity index (χ0n) is 7.74. The van der Waals surface area contributed by atoms with Gasteiger partial charge in [0.25, 0.3) is 0 Å². The molecule has 0 fully saturated rings. The van der Waals surface area contributed by atoms with E-state index in [1.165, 1.54) is 5.56 Å². The van der Waals surface area contributed by atoms with Crippen molar-refractivity contribution in [1.29, 1.82) is 0 Å². The van der Waals surface area contributed by atoms with Crippen molar-refractivity contribution in [2.24, 2.45) is 0 Å². The van der Waals surface area contributed by atoms with Crippen LogP contribution in [0.3, 0.4) is 0 Å². The Morgan fingerprint density at radius 3 is 2.33 bits per heavy atom. The van der Waals surface area contributed by atoms with E-state index in [2.05, 4.69) is 30.1 Å². The van der Waals surface area contributed by atoms with Crippen LogP contribution in [0.1, 0.15) is 31.2 Å². The van der Waals surface area contributed by atoms with Crippen molar-refractivity contribution in [2.45, 2.75) is 25.5 Å². The van der Waals surface area contributed by atoms with Crippen LogP contribution in [0.15, 0.2) is 12.4 Å². The highest BCUT2D eigenvalue weighted by Gasteiger charge is 2.00. The van der Waals surface area contributed by atoms with Crippen LogP contribution in [0.2, 0.25) is 0 Å². The SMILES string of the molecule is CSCc1ncc(C(C)C)cn1. The molecule has 0 radical (unpaired) electrons. The van der Waals surface area contributed by atoms with Gasteiger partial charge in [-0.25, -0.2) is 9.97 Å². The summed E-state index contributed by atoms with van der Waals surface area (Å²) in [7, 11) is 0. The summed E-state index contributed by atoms with van der Waals surface area (Å²) in [6.45, 7) is 4.29. The monoisotopic (exact) mass is 182 g/mol. The van der Waals surface area contributed by atoms with Gasteiger partial charge >= 0.3 is 0 Å². The molecule has 0 N–H and O–H groups in total. The molecule has 0 amide bonds. The van der Waals surface area contributed by atoms with E-state index in [4.69, 9.17) is 0 Å². The molecule has 66 valence electrons. The molecule has 1 aromatic rings. The second-order valence-electron chi connectivity index (χ2n) is 3.02. The van der Waals surface area contributed by atoms with Gasteiger partial charge in [0.1, 0.15) is 5.82 Å². The molecule has 2 nitrogen and oxygen atoms in total. The van der Waals surface area contributed by atoms with Gasteiger partial charge in [-0.1, -0.05) is 13.8 Å². The summed E-state index contributed by atoms with van der Waals surface area (Å²) in [4.78, 5) is 8.52. The lowest BCUT2D eigenvalue weighted by atomic mass is 10.1. The van der Waals surface area contributed by atoms with Crippen LogP contribution in [-0.2, 0) is 5.75 Å². The maximum atomic E-state index is 4.26. The van der Waals surface area contributed by atoms with Gasteiger partial charge in [-0.3, -0.25) is 0 Å². The Morgan fingerprint density at radius 2 is 1.92 bits per heavy atom. The molecule has 0 unspecified atom stereocenters. The van der Waals surface area contributed by atoms with E-state index in [1.807, 2.05) is 12.4 Å². The molecule has 1 aromatic heterocycles. The maximum absolute atomic E-state index is 4.26. The lowest BCUT2D eigenvalue weighted by Crippen LogP contribution is -1.95. The van der Waals surface area contributed by atoms with Crippen LogP contribution in [0, 0.1) is 0 Å². The third kappa shape index (κ3) is 2.48. The highest BCUT2D eigenvalue weighted by molar-refractivity contribution is 7.97. The third-order valence-corrected chi connectivity index (χ3v) is 2.21. The number of nitrogens with zero attached hydrogens (tertiary/aromatic N) is 2. The van der Waals surface area contributed by atoms with Crippen molar-refractivity contribution in [3.8, 4) is 0 Å². The highest BCUT2D eigenvalue weighted by atomic mass is 32.2. The first kappa shape index (κ1) is 9.52. The van der Waals surface area contributed by atoms with Crippen LogP contribution < -0.4 is 0 Å². The lowest BCUT2D eigenvalue weighted by Gasteiger charge is -2.03. The molecule has 0 aromatic carbocycles. The molecule has 0 atom stereocenters. The Balaban J connectivity index is 2.71. The average Bonchev–Trinajstić information content (AvgIpc) is 2.06. The Bertz CT molecular complexity index is 231. The highest BCUT2D eigenvalue weighted by Crippen LogP contribution is 2.12. The number of hydrogen-bond donors (Lipinski definition) is 0. The van der Waals surface area contributed by atoms with Crippen LogP contribution in [0.5, 0.6) is 0 Å². The lowest BCUT2D eigenvalue weighted by molar-refractivity contribution is 0.836. The summed E-state index contributed by atoms with van der Waals surface area (Å²) in [5.41, 5.74) is 1.21. The van der Waals surface area contributed by atoms with Gasteiger partial charge in [0.15, 0.2) is 0 Å². The molecule has 3 heteroatoms. The molecular weight excluding hydrogens is 168 g/mol. The normalized spacial score (nSPS) is 10.7. The number of aromatic nitrogens is 2. The van der Waals surface area contributed by atoms with Crippen LogP contribution in [0.4, 0.5) is 0 Å². The van der Waals surface area contributed by atoms with Crippen molar-refractivity contribution >= 4 is 11.8 Å². The first-order chi connectivity index (χ1) is 5.74. The molecule has 1 heterocycles. The minimum Gasteiger partial charge on any atom is -0.240 e. The van der Waals surface area contributed by atoms with E-state index in [0.29, 0.717) is 5.92 Å². The quantitative estimate of drug-likeness (QED) is 0.718. The fraction of sp³-hybridized carbons (Fsp3) is 0.556. The molecule has 0 aliphatic rings. The van der Waals surface area contributed by atoms with Crippen molar-refractivity contribution < 1.29 is 0 Å². The maximum Gasteiger partial charge on any atom is 0.138 e. The molecular formula is C9H14N2S. The van der Waals surface area contributed by atoms with Crippen LogP contribution >= 0.6 is 11.8 Å². The summed E-state index contributed by atoms with van der Waals surface area (Å²) in [5, 5.41) is 0. The van der Waals surface area contributed by atoms with E-state index in [1.54, 1.807) is 11.8 Å². The third-order valence-electron chi connectivity index (χ3n) is 1.67. The minimum atomic E-state index is 0.522. The van der Waals surface area contributed by atoms with Crippen LogP contribution in [0.25, 0.3) is 0 Å². The molecule has 0 aliphatic carbocycles. The molecule has 12 heavy (non-hydrogen) atoms. The number of rotatable bonds is 3. The van der Waals surface area contributed by atoms with Crippen LogP contribution in [-0.4, -0.2) is 16.2 Å². The predicted octanol–water partition coefficient (Wildman–Crippen LogP) is 2.46. The van der Waals surface area contributed by atoms with Gasteiger partial charge in [-0.05, 0) is 17.7 Å². The van der Waals surface area contributed by atoms with E-state index in [-0.39, 0.29) is 0 Å². The smallest absolute Gasteiger partial charge is 0.138 e. The molecule has 0 bridgehead atoms. The number of hydrogen-bond acceptors (Lipinski definition) is 3. The van der Waals surface area contributed by atoms with Gasteiger partial charge in [0.2, 0.25) is 0 Å². The fourth-order valence-electron chi connectivity index (χ4n) is 0.867. The van der Waals surface area contributed by atoms with Crippen molar-refractivity contribution in [1.82, 2.24) is 9.97 Å². The van der Waals surface area contributed by atoms with E-state index in [9.17, 15) is 0 Å². The average molecular weight is 182 g/mol. The van der Waals surface area contributed by atoms with E-state index in [0.717, 1.165) is 11.6 Å². The predicted molar refractivity (Wildman–Crippen MR) is 53.3 cm³/mol. The second-order valence-corrected chi connectivity index (χ2v) is 3.89. The standard InChI is InChI=1S/C9H14N2S/c1-7(2)8-4-10-9(6-12-3)11-5-8/h4-5,7H,6H2,1-3H3. The first-order valence-corrected chi connectivity index (χ1v) is 5.43. The van der Waals surface area contributed by atoms with E-state index < -0.39 is 0 Å². The number of thioether (sulfide) groups is 1. The van der Waals surface area contributed by atoms with Gasteiger partial charge in [0.05, 0.1) is 5.75 Å². The Labute approximate surface area is 77.8 Å². The van der Waals surface area contributed by atoms with Crippen molar-refractivity contribution in [3.05, 3.63) is 23.8 Å². The second kappa shape index (κ2) is 4.45. The summed E-state index contributed by atoms with van der Waals surface area (Å²) >= 11 is 1.74. The Hall–Kier alpha value is -0.570. The zero-order valence-corrected chi connectivity index (χ0v) is 8.56. The zero-order chi connectivity index (χ0) is 8.97. The Kier molecular flexibility index (Phi) is 3.53. The molecule has 0 aliphatic heterocycles. The summed E-state index contributed by atoms with van der Waals surface area (Å²) in [6.07, 6.45) is 5.89. The van der Waals surface area contributed by atoms with Gasteiger partial charge < -0.3 is 0 Å². The van der Waals surface area contributed by atoms with E-state index >= 15 is 0 Å². The fourth-order valence-corrected chi connectivity index (χ4v) is 1.27.